The third-order valence-electron chi connectivity index (χ3n) is 3.22. The van der Waals surface area contributed by atoms with Crippen LogP contribution in [-0.4, -0.2) is 29.4 Å². The average Bonchev–Trinajstić information content (AvgIpc) is 2.77. The summed E-state index contributed by atoms with van der Waals surface area (Å²) in [6.45, 7) is 5.88. The molecule has 2 unspecified atom stereocenters. The van der Waals surface area contributed by atoms with Crippen LogP contribution in [0, 0.1) is 5.92 Å². The lowest BCUT2D eigenvalue weighted by Crippen LogP contribution is -2.25. The molecule has 0 aromatic carbocycles. The number of rotatable bonds is 5. The molecule has 2 rings (SSSR count). The van der Waals surface area contributed by atoms with Crippen LogP contribution in [0.2, 0.25) is 0 Å². The van der Waals surface area contributed by atoms with Crippen molar-refractivity contribution in [2.45, 2.75) is 51.5 Å². The zero-order valence-corrected chi connectivity index (χ0v) is 11.3. The van der Waals surface area contributed by atoms with E-state index in [2.05, 4.69) is 24.0 Å². The van der Waals surface area contributed by atoms with E-state index in [0.717, 1.165) is 31.7 Å². The zero-order chi connectivity index (χ0) is 13.0. The summed E-state index contributed by atoms with van der Waals surface area (Å²) in [5.41, 5.74) is 6.04. The molecule has 1 aliphatic heterocycles. The summed E-state index contributed by atoms with van der Waals surface area (Å²) < 4.78 is 10.7. The van der Waals surface area contributed by atoms with Gasteiger partial charge in [-0.2, -0.15) is 4.98 Å². The lowest BCUT2D eigenvalue weighted by molar-refractivity contribution is 0.0773. The molecule has 1 aliphatic rings. The van der Waals surface area contributed by atoms with Gasteiger partial charge in [0.1, 0.15) is 0 Å². The van der Waals surface area contributed by atoms with Crippen LogP contribution in [0.4, 0.5) is 0 Å². The summed E-state index contributed by atoms with van der Waals surface area (Å²) in [6.07, 6.45) is 3.79. The van der Waals surface area contributed by atoms with Gasteiger partial charge in [0.05, 0.1) is 6.61 Å². The van der Waals surface area contributed by atoms with Gasteiger partial charge in [-0.25, -0.2) is 0 Å². The standard InChI is InChI=1S/C13H23N3O2/c1-9(2)6-11(14)7-12-15-13(16-18-12)10-4-3-5-17-8-10/h9-11H,3-8,14H2,1-2H3. The molecule has 5 nitrogen and oxygen atoms in total. The van der Waals surface area contributed by atoms with Crippen molar-refractivity contribution in [2.24, 2.45) is 11.7 Å². The minimum atomic E-state index is 0.0981. The van der Waals surface area contributed by atoms with Crippen LogP contribution in [0.3, 0.4) is 0 Å². The topological polar surface area (TPSA) is 74.2 Å². The van der Waals surface area contributed by atoms with E-state index in [-0.39, 0.29) is 12.0 Å². The van der Waals surface area contributed by atoms with Gasteiger partial charge in [-0.15, -0.1) is 0 Å². The third-order valence-corrected chi connectivity index (χ3v) is 3.22. The van der Waals surface area contributed by atoms with Crippen LogP contribution in [-0.2, 0) is 11.2 Å². The molecule has 2 atom stereocenters. The molecule has 2 N–H and O–H groups in total. The van der Waals surface area contributed by atoms with Crippen molar-refractivity contribution in [1.82, 2.24) is 10.1 Å². The maximum absolute atomic E-state index is 6.04. The van der Waals surface area contributed by atoms with Crippen molar-refractivity contribution >= 4 is 0 Å². The molecule has 18 heavy (non-hydrogen) atoms. The quantitative estimate of drug-likeness (QED) is 0.867. The smallest absolute Gasteiger partial charge is 0.228 e. The fourth-order valence-electron chi connectivity index (χ4n) is 2.37. The Hall–Kier alpha value is -0.940. The Morgan fingerprint density at radius 1 is 1.44 bits per heavy atom. The predicted octanol–water partition coefficient (Wildman–Crippen LogP) is 1.88. The summed E-state index contributed by atoms with van der Waals surface area (Å²) in [5.74, 6) is 2.32. The zero-order valence-electron chi connectivity index (χ0n) is 11.3. The third kappa shape index (κ3) is 3.78. The molecule has 0 saturated carbocycles. The van der Waals surface area contributed by atoms with Crippen molar-refractivity contribution in [1.29, 1.82) is 0 Å². The Bertz CT molecular complexity index is 359. The highest BCUT2D eigenvalue weighted by Gasteiger charge is 2.22. The molecule has 1 fully saturated rings. The van der Waals surface area contributed by atoms with Gasteiger partial charge in [-0.1, -0.05) is 19.0 Å². The van der Waals surface area contributed by atoms with E-state index < -0.39 is 0 Å². The first-order valence-electron chi connectivity index (χ1n) is 6.81. The molecule has 0 radical (unpaired) electrons. The predicted molar refractivity (Wildman–Crippen MR) is 68.2 cm³/mol. The number of hydrogen-bond acceptors (Lipinski definition) is 5. The highest BCUT2D eigenvalue weighted by atomic mass is 16.5. The van der Waals surface area contributed by atoms with Crippen molar-refractivity contribution in [3.05, 3.63) is 11.7 Å². The van der Waals surface area contributed by atoms with Crippen LogP contribution < -0.4 is 5.73 Å². The number of aromatic nitrogens is 2. The molecule has 102 valence electrons. The van der Waals surface area contributed by atoms with Gasteiger partial charge in [0.15, 0.2) is 5.82 Å². The van der Waals surface area contributed by atoms with Crippen LogP contribution in [0.1, 0.15) is 50.7 Å². The van der Waals surface area contributed by atoms with E-state index in [1.807, 2.05) is 0 Å². The van der Waals surface area contributed by atoms with Crippen LogP contribution >= 0.6 is 0 Å². The van der Waals surface area contributed by atoms with Gasteiger partial charge >= 0.3 is 0 Å². The maximum Gasteiger partial charge on any atom is 0.228 e. The average molecular weight is 253 g/mol. The summed E-state index contributed by atoms with van der Waals surface area (Å²) in [7, 11) is 0. The minimum Gasteiger partial charge on any atom is -0.381 e. The summed E-state index contributed by atoms with van der Waals surface area (Å²) >= 11 is 0. The molecule has 0 bridgehead atoms. The summed E-state index contributed by atoms with van der Waals surface area (Å²) in [4.78, 5) is 4.44. The molecule has 5 heteroatoms. The Kier molecular flexibility index (Phi) is 4.72. The molecule has 0 aliphatic carbocycles. The second-order valence-electron chi connectivity index (χ2n) is 5.55. The molecular weight excluding hydrogens is 230 g/mol. The van der Waals surface area contributed by atoms with Gasteiger partial charge in [0.25, 0.3) is 0 Å². The number of nitrogens with zero attached hydrogens (tertiary/aromatic N) is 2. The second-order valence-corrected chi connectivity index (χ2v) is 5.55. The first-order chi connectivity index (χ1) is 8.65. The van der Waals surface area contributed by atoms with Gasteiger partial charge in [-0.3, -0.25) is 0 Å². The van der Waals surface area contributed by atoms with Gasteiger partial charge in [0, 0.05) is 25.0 Å². The van der Waals surface area contributed by atoms with Crippen LogP contribution in [0.5, 0.6) is 0 Å². The first-order valence-corrected chi connectivity index (χ1v) is 6.81. The first kappa shape index (κ1) is 13.5. The van der Waals surface area contributed by atoms with E-state index in [0.29, 0.717) is 24.8 Å². The van der Waals surface area contributed by atoms with Gasteiger partial charge in [0.2, 0.25) is 5.89 Å². The fraction of sp³-hybridized carbons (Fsp3) is 0.846. The van der Waals surface area contributed by atoms with Crippen molar-refractivity contribution < 1.29 is 9.26 Å². The molecular formula is C13H23N3O2. The van der Waals surface area contributed by atoms with E-state index >= 15 is 0 Å². The molecule has 0 amide bonds. The molecule has 1 aromatic rings. The SMILES string of the molecule is CC(C)CC(N)Cc1nc(C2CCCOC2)no1. The largest absolute Gasteiger partial charge is 0.381 e. The Labute approximate surface area is 108 Å². The van der Waals surface area contributed by atoms with Crippen molar-refractivity contribution in [3.63, 3.8) is 0 Å². The highest BCUT2D eigenvalue weighted by Crippen LogP contribution is 2.23. The molecule has 1 aromatic heterocycles. The number of hydrogen-bond donors (Lipinski definition) is 1. The summed E-state index contributed by atoms with van der Waals surface area (Å²) in [5, 5.41) is 4.05. The summed E-state index contributed by atoms with van der Waals surface area (Å²) in [6, 6.07) is 0.0981. The normalized spacial score (nSPS) is 22.3. The maximum atomic E-state index is 6.04. The minimum absolute atomic E-state index is 0.0981. The highest BCUT2D eigenvalue weighted by molar-refractivity contribution is 4.97. The van der Waals surface area contributed by atoms with Crippen LogP contribution in [0.25, 0.3) is 0 Å². The second kappa shape index (κ2) is 6.29. The monoisotopic (exact) mass is 253 g/mol. The van der Waals surface area contributed by atoms with Crippen molar-refractivity contribution in [2.75, 3.05) is 13.2 Å². The molecule has 2 heterocycles. The Morgan fingerprint density at radius 3 is 2.94 bits per heavy atom. The van der Waals surface area contributed by atoms with E-state index in [4.69, 9.17) is 15.0 Å². The Balaban J connectivity index is 1.89. The van der Waals surface area contributed by atoms with E-state index in [1.54, 1.807) is 0 Å². The van der Waals surface area contributed by atoms with E-state index in [9.17, 15) is 0 Å². The van der Waals surface area contributed by atoms with E-state index in [1.165, 1.54) is 0 Å². The van der Waals surface area contributed by atoms with Crippen molar-refractivity contribution in [3.8, 4) is 0 Å². The fourth-order valence-corrected chi connectivity index (χ4v) is 2.37. The Morgan fingerprint density at radius 2 is 2.28 bits per heavy atom. The lowest BCUT2D eigenvalue weighted by Gasteiger charge is -2.18. The molecule has 1 saturated heterocycles. The van der Waals surface area contributed by atoms with Gasteiger partial charge in [-0.05, 0) is 25.2 Å². The molecule has 0 spiro atoms. The number of ether oxygens (including phenoxy) is 1. The lowest BCUT2D eigenvalue weighted by atomic mass is 10.0. The number of nitrogens with two attached hydrogens (primary N) is 1. The van der Waals surface area contributed by atoms with Crippen LogP contribution in [0.15, 0.2) is 4.52 Å². The van der Waals surface area contributed by atoms with Gasteiger partial charge < -0.3 is 15.0 Å².